The monoisotopic (exact) mass is 338 g/mol. The van der Waals surface area contributed by atoms with Crippen LogP contribution in [0.1, 0.15) is 5.56 Å². The fourth-order valence-electron chi connectivity index (χ4n) is 1.62. The van der Waals surface area contributed by atoms with Crippen LogP contribution in [0.25, 0.3) is 0 Å². The molecule has 0 aliphatic heterocycles. The van der Waals surface area contributed by atoms with Gasteiger partial charge in [-0.15, -0.1) is 11.8 Å². The predicted molar refractivity (Wildman–Crippen MR) is 81.9 cm³/mol. The Kier molecular flexibility index (Phi) is 5.36. The molecular weight excluding hydrogens is 330 g/mol. The molecule has 0 fully saturated rings. The van der Waals surface area contributed by atoms with E-state index >= 15 is 0 Å². The summed E-state index contributed by atoms with van der Waals surface area (Å²) in [6.45, 7) is 0. The van der Waals surface area contributed by atoms with Gasteiger partial charge in [0, 0.05) is 9.92 Å². The van der Waals surface area contributed by atoms with E-state index in [1.54, 1.807) is 6.07 Å². The first-order chi connectivity index (χ1) is 10.5. The number of carbonyl (C=O) groups excluding carboxylic acids is 1. The molecule has 0 aliphatic rings. The average Bonchev–Trinajstić information content (AvgIpc) is 2.49. The van der Waals surface area contributed by atoms with Crippen LogP contribution < -0.4 is 5.32 Å². The molecule has 22 heavy (non-hydrogen) atoms. The Labute approximate surface area is 134 Å². The van der Waals surface area contributed by atoms with E-state index in [0.29, 0.717) is 15.6 Å². The molecule has 0 aliphatic carbocycles. The van der Waals surface area contributed by atoms with E-state index in [1.165, 1.54) is 18.2 Å². The first-order valence-corrected chi connectivity index (χ1v) is 7.43. The standard InChI is InChI=1S/C15H9ClF2N2OS/c16-10-2-1-9(7-19)14(5-10)20-15(21)8-22-11-3-4-12(17)13(18)6-11/h1-6H,8H2,(H,20,21). The van der Waals surface area contributed by atoms with Gasteiger partial charge in [-0.3, -0.25) is 4.79 Å². The topological polar surface area (TPSA) is 52.9 Å². The molecule has 2 rings (SSSR count). The van der Waals surface area contributed by atoms with Crippen molar-refractivity contribution < 1.29 is 13.6 Å². The van der Waals surface area contributed by atoms with Gasteiger partial charge in [-0.2, -0.15) is 5.26 Å². The van der Waals surface area contributed by atoms with Crippen molar-refractivity contribution in [3.05, 3.63) is 58.6 Å². The van der Waals surface area contributed by atoms with Crippen LogP contribution in [0.3, 0.4) is 0 Å². The van der Waals surface area contributed by atoms with Gasteiger partial charge in [0.2, 0.25) is 5.91 Å². The van der Waals surface area contributed by atoms with E-state index in [-0.39, 0.29) is 17.2 Å². The highest BCUT2D eigenvalue weighted by atomic mass is 35.5. The van der Waals surface area contributed by atoms with Gasteiger partial charge in [-0.05, 0) is 36.4 Å². The predicted octanol–water partition coefficient (Wildman–Crippen LogP) is 4.22. The largest absolute Gasteiger partial charge is 0.324 e. The van der Waals surface area contributed by atoms with Crippen molar-refractivity contribution in [2.24, 2.45) is 0 Å². The Morgan fingerprint density at radius 1 is 1.23 bits per heavy atom. The number of carbonyl (C=O) groups is 1. The average molecular weight is 339 g/mol. The highest BCUT2D eigenvalue weighted by Crippen LogP contribution is 2.23. The second-order valence-corrected chi connectivity index (χ2v) is 5.70. The molecule has 1 N–H and O–H groups in total. The quantitative estimate of drug-likeness (QED) is 0.849. The lowest BCUT2D eigenvalue weighted by Crippen LogP contribution is -2.15. The number of thioether (sulfide) groups is 1. The number of rotatable bonds is 4. The highest BCUT2D eigenvalue weighted by Gasteiger charge is 2.09. The van der Waals surface area contributed by atoms with Crippen molar-refractivity contribution in [2.75, 3.05) is 11.1 Å². The molecule has 0 bridgehead atoms. The zero-order valence-electron chi connectivity index (χ0n) is 11.1. The number of benzene rings is 2. The molecule has 0 saturated carbocycles. The van der Waals surface area contributed by atoms with E-state index < -0.39 is 11.6 Å². The zero-order chi connectivity index (χ0) is 16.1. The summed E-state index contributed by atoms with van der Waals surface area (Å²) in [6.07, 6.45) is 0. The molecule has 0 atom stereocenters. The fraction of sp³-hybridized carbons (Fsp3) is 0.0667. The van der Waals surface area contributed by atoms with Crippen molar-refractivity contribution in [1.82, 2.24) is 0 Å². The number of hydrogen-bond acceptors (Lipinski definition) is 3. The van der Waals surface area contributed by atoms with Gasteiger partial charge in [-0.25, -0.2) is 8.78 Å². The number of nitrogens with one attached hydrogen (secondary N) is 1. The molecule has 7 heteroatoms. The molecule has 0 radical (unpaired) electrons. The van der Waals surface area contributed by atoms with Gasteiger partial charge in [0.25, 0.3) is 0 Å². The van der Waals surface area contributed by atoms with Crippen LogP contribution >= 0.6 is 23.4 Å². The van der Waals surface area contributed by atoms with Gasteiger partial charge in [-0.1, -0.05) is 11.6 Å². The van der Waals surface area contributed by atoms with Crippen LogP contribution in [0.15, 0.2) is 41.3 Å². The van der Waals surface area contributed by atoms with Crippen LogP contribution in [0.2, 0.25) is 5.02 Å². The summed E-state index contributed by atoms with van der Waals surface area (Å²) in [6, 6.07) is 9.87. The van der Waals surface area contributed by atoms with Crippen LogP contribution in [0, 0.1) is 23.0 Å². The van der Waals surface area contributed by atoms with Gasteiger partial charge >= 0.3 is 0 Å². The van der Waals surface area contributed by atoms with E-state index in [4.69, 9.17) is 16.9 Å². The third-order valence-electron chi connectivity index (χ3n) is 2.64. The normalized spacial score (nSPS) is 10.1. The van der Waals surface area contributed by atoms with Crippen LogP contribution in [0.4, 0.5) is 14.5 Å². The van der Waals surface area contributed by atoms with Gasteiger partial charge < -0.3 is 5.32 Å². The lowest BCUT2D eigenvalue weighted by Gasteiger charge is -2.07. The first kappa shape index (κ1) is 16.3. The van der Waals surface area contributed by atoms with Gasteiger partial charge in [0.1, 0.15) is 6.07 Å². The molecule has 3 nitrogen and oxygen atoms in total. The summed E-state index contributed by atoms with van der Waals surface area (Å²) in [5, 5.41) is 11.9. The van der Waals surface area contributed by atoms with E-state index in [2.05, 4.69) is 5.32 Å². The molecule has 0 heterocycles. The van der Waals surface area contributed by atoms with Crippen molar-refractivity contribution >= 4 is 35.0 Å². The lowest BCUT2D eigenvalue weighted by atomic mass is 10.2. The summed E-state index contributed by atoms with van der Waals surface area (Å²) in [5.41, 5.74) is 0.599. The summed E-state index contributed by atoms with van der Waals surface area (Å²) < 4.78 is 25.9. The minimum Gasteiger partial charge on any atom is -0.324 e. The van der Waals surface area contributed by atoms with E-state index in [9.17, 15) is 13.6 Å². The summed E-state index contributed by atoms with van der Waals surface area (Å²) in [5.74, 6) is -2.30. The van der Waals surface area contributed by atoms with Crippen molar-refractivity contribution in [2.45, 2.75) is 4.90 Å². The molecule has 2 aromatic carbocycles. The van der Waals surface area contributed by atoms with Crippen LogP contribution in [0.5, 0.6) is 0 Å². The number of nitriles is 1. The van der Waals surface area contributed by atoms with Crippen LogP contribution in [-0.4, -0.2) is 11.7 Å². The van der Waals surface area contributed by atoms with Crippen molar-refractivity contribution in [1.29, 1.82) is 5.26 Å². The van der Waals surface area contributed by atoms with Crippen molar-refractivity contribution in [3.8, 4) is 6.07 Å². The molecule has 1 amide bonds. The molecule has 0 spiro atoms. The van der Waals surface area contributed by atoms with E-state index in [0.717, 1.165) is 23.9 Å². The molecule has 0 unspecified atom stereocenters. The number of amides is 1. The number of halogens is 3. The Hall–Kier alpha value is -2.10. The minimum atomic E-state index is -0.966. The van der Waals surface area contributed by atoms with Gasteiger partial charge in [0.15, 0.2) is 11.6 Å². The lowest BCUT2D eigenvalue weighted by molar-refractivity contribution is -0.113. The highest BCUT2D eigenvalue weighted by molar-refractivity contribution is 8.00. The molecule has 2 aromatic rings. The number of nitrogens with zero attached hydrogens (tertiary/aromatic N) is 1. The van der Waals surface area contributed by atoms with Crippen LogP contribution in [-0.2, 0) is 4.79 Å². The molecular formula is C15H9ClF2N2OS. The summed E-state index contributed by atoms with van der Waals surface area (Å²) in [4.78, 5) is 12.3. The van der Waals surface area contributed by atoms with Crippen molar-refractivity contribution in [3.63, 3.8) is 0 Å². The fourth-order valence-corrected chi connectivity index (χ4v) is 2.51. The maximum absolute atomic E-state index is 13.1. The maximum Gasteiger partial charge on any atom is 0.234 e. The SMILES string of the molecule is N#Cc1ccc(Cl)cc1NC(=O)CSc1ccc(F)c(F)c1. The number of hydrogen-bond donors (Lipinski definition) is 1. The molecule has 0 aromatic heterocycles. The third-order valence-corrected chi connectivity index (χ3v) is 3.87. The second kappa shape index (κ2) is 7.25. The molecule has 112 valence electrons. The summed E-state index contributed by atoms with van der Waals surface area (Å²) >= 11 is 6.87. The number of anilines is 1. The maximum atomic E-state index is 13.1. The van der Waals surface area contributed by atoms with E-state index in [1.807, 2.05) is 6.07 Å². The Morgan fingerprint density at radius 2 is 2.00 bits per heavy atom. The smallest absolute Gasteiger partial charge is 0.234 e. The minimum absolute atomic E-state index is 0.0115. The first-order valence-electron chi connectivity index (χ1n) is 6.07. The summed E-state index contributed by atoms with van der Waals surface area (Å²) in [7, 11) is 0. The van der Waals surface area contributed by atoms with Gasteiger partial charge in [0.05, 0.1) is 17.0 Å². The Morgan fingerprint density at radius 3 is 2.68 bits per heavy atom. The zero-order valence-corrected chi connectivity index (χ0v) is 12.6. The Balaban J connectivity index is 2.00. The second-order valence-electron chi connectivity index (χ2n) is 4.21. The Bertz CT molecular complexity index is 762. The third kappa shape index (κ3) is 4.20. The molecule has 0 saturated heterocycles.